The monoisotopic (exact) mass is 298 g/mol. The predicted octanol–water partition coefficient (Wildman–Crippen LogP) is 2.47. The minimum absolute atomic E-state index is 0.0864. The van der Waals surface area contributed by atoms with Crippen LogP contribution in [0.4, 0.5) is 4.39 Å². The molecule has 0 aliphatic heterocycles. The highest BCUT2D eigenvalue weighted by Crippen LogP contribution is 2.23. The molecule has 0 saturated carbocycles. The van der Waals surface area contributed by atoms with Crippen molar-refractivity contribution in [1.29, 1.82) is 0 Å². The number of benzene rings is 1. The number of aryl methyl sites for hydroxylation is 1. The van der Waals surface area contributed by atoms with Crippen molar-refractivity contribution in [2.45, 2.75) is 0 Å². The fourth-order valence-corrected chi connectivity index (χ4v) is 1.44. The van der Waals surface area contributed by atoms with Gasteiger partial charge in [-0.05, 0) is 28.1 Å². The first kappa shape index (κ1) is 11.8. The first-order valence-corrected chi connectivity index (χ1v) is 5.52. The highest BCUT2D eigenvalue weighted by atomic mass is 79.9. The zero-order chi connectivity index (χ0) is 12.4. The van der Waals surface area contributed by atoms with E-state index in [-0.39, 0.29) is 17.2 Å². The Morgan fingerprint density at radius 3 is 2.94 bits per heavy atom. The third-order valence-corrected chi connectivity index (χ3v) is 2.73. The fraction of sp³-hybridized carbons (Fsp3) is 0.0909. The molecule has 0 amide bonds. The van der Waals surface area contributed by atoms with Crippen LogP contribution in [0, 0.1) is 5.82 Å². The van der Waals surface area contributed by atoms with Gasteiger partial charge in [-0.3, -0.25) is 4.79 Å². The number of ether oxygens (including phenoxy) is 1. The molecule has 0 radical (unpaired) electrons. The Kier molecular flexibility index (Phi) is 3.23. The van der Waals surface area contributed by atoms with E-state index in [4.69, 9.17) is 4.74 Å². The van der Waals surface area contributed by atoms with Gasteiger partial charge < -0.3 is 9.30 Å². The van der Waals surface area contributed by atoms with Crippen molar-refractivity contribution in [2.24, 2.45) is 7.05 Å². The number of aromatic nitrogens is 2. The summed E-state index contributed by atoms with van der Waals surface area (Å²) in [5, 5.41) is 0. The number of nitrogens with zero attached hydrogens (tertiary/aromatic N) is 2. The van der Waals surface area contributed by atoms with Crippen molar-refractivity contribution in [2.75, 3.05) is 0 Å². The SMILES string of the molecule is Cn1ccnc(Oc2ccc(Br)c(F)c2)c1=O. The average Bonchev–Trinajstić information content (AvgIpc) is 2.30. The summed E-state index contributed by atoms with van der Waals surface area (Å²) in [5.74, 6) is -0.325. The molecule has 0 aliphatic carbocycles. The number of rotatable bonds is 2. The van der Waals surface area contributed by atoms with Crippen molar-refractivity contribution in [3.63, 3.8) is 0 Å². The Bertz CT molecular complexity index is 613. The first-order chi connectivity index (χ1) is 8.08. The zero-order valence-corrected chi connectivity index (χ0v) is 10.4. The van der Waals surface area contributed by atoms with Crippen LogP contribution in [0.1, 0.15) is 0 Å². The van der Waals surface area contributed by atoms with Crippen LogP contribution in [0.5, 0.6) is 11.6 Å². The average molecular weight is 299 g/mol. The second-order valence-corrected chi connectivity index (χ2v) is 4.18. The van der Waals surface area contributed by atoms with Gasteiger partial charge in [0, 0.05) is 25.5 Å². The van der Waals surface area contributed by atoms with Gasteiger partial charge in [-0.1, -0.05) is 0 Å². The van der Waals surface area contributed by atoms with Gasteiger partial charge in [-0.25, -0.2) is 9.37 Å². The number of halogens is 2. The maximum atomic E-state index is 13.2. The standard InChI is InChI=1S/C11H8BrFN2O2/c1-15-5-4-14-10(11(15)16)17-7-2-3-8(12)9(13)6-7/h2-6H,1H3. The normalized spacial score (nSPS) is 10.3. The van der Waals surface area contributed by atoms with Crippen LogP contribution in [0.15, 0.2) is 39.9 Å². The molecule has 1 aromatic heterocycles. The summed E-state index contributed by atoms with van der Waals surface area (Å²) < 4.78 is 20.1. The Hall–Kier alpha value is -1.69. The van der Waals surface area contributed by atoms with E-state index in [9.17, 15) is 9.18 Å². The van der Waals surface area contributed by atoms with Gasteiger partial charge in [0.1, 0.15) is 11.6 Å². The highest BCUT2D eigenvalue weighted by molar-refractivity contribution is 9.10. The second-order valence-electron chi connectivity index (χ2n) is 3.33. The Morgan fingerprint density at radius 1 is 1.47 bits per heavy atom. The van der Waals surface area contributed by atoms with Crippen LogP contribution in [0.25, 0.3) is 0 Å². The van der Waals surface area contributed by atoms with Crippen LogP contribution >= 0.6 is 15.9 Å². The van der Waals surface area contributed by atoms with Crippen molar-refractivity contribution in [1.82, 2.24) is 9.55 Å². The summed E-state index contributed by atoms with van der Waals surface area (Å²) in [4.78, 5) is 15.4. The molecule has 0 spiro atoms. The van der Waals surface area contributed by atoms with E-state index in [0.29, 0.717) is 4.47 Å². The van der Waals surface area contributed by atoms with E-state index in [1.807, 2.05) is 0 Å². The molecule has 0 atom stereocenters. The molecule has 1 heterocycles. The Balaban J connectivity index is 2.35. The van der Waals surface area contributed by atoms with Crippen LogP contribution in [-0.2, 0) is 7.05 Å². The van der Waals surface area contributed by atoms with Crippen molar-refractivity contribution in [3.8, 4) is 11.6 Å². The Labute approximate surface area is 105 Å². The van der Waals surface area contributed by atoms with E-state index < -0.39 is 5.82 Å². The van der Waals surface area contributed by atoms with E-state index >= 15 is 0 Å². The topological polar surface area (TPSA) is 44.1 Å². The summed E-state index contributed by atoms with van der Waals surface area (Å²) in [6.07, 6.45) is 2.95. The van der Waals surface area contributed by atoms with E-state index in [0.717, 1.165) is 0 Å². The largest absolute Gasteiger partial charge is 0.435 e. The molecule has 6 heteroatoms. The molecule has 1 aromatic carbocycles. The van der Waals surface area contributed by atoms with E-state index in [2.05, 4.69) is 20.9 Å². The lowest BCUT2D eigenvalue weighted by Gasteiger charge is -2.05. The molecule has 0 fully saturated rings. The van der Waals surface area contributed by atoms with Gasteiger partial charge in [0.2, 0.25) is 0 Å². The molecule has 0 saturated heterocycles. The molecule has 0 aliphatic rings. The first-order valence-electron chi connectivity index (χ1n) is 4.72. The third-order valence-electron chi connectivity index (χ3n) is 2.09. The molecule has 2 aromatic rings. The van der Waals surface area contributed by atoms with Crippen LogP contribution in [0.3, 0.4) is 0 Å². The smallest absolute Gasteiger partial charge is 0.313 e. The number of hydrogen-bond acceptors (Lipinski definition) is 3. The zero-order valence-electron chi connectivity index (χ0n) is 8.85. The third kappa shape index (κ3) is 2.52. The number of hydrogen-bond donors (Lipinski definition) is 0. The van der Waals surface area contributed by atoms with Crippen molar-refractivity contribution < 1.29 is 9.13 Å². The minimum atomic E-state index is -0.463. The highest BCUT2D eigenvalue weighted by Gasteiger charge is 2.07. The molecule has 0 N–H and O–H groups in total. The van der Waals surface area contributed by atoms with E-state index in [1.165, 1.54) is 29.1 Å². The molecule has 4 nitrogen and oxygen atoms in total. The van der Waals surface area contributed by atoms with Crippen LogP contribution in [-0.4, -0.2) is 9.55 Å². The summed E-state index contributed by atoms with van der Waals surface area (Å²) >= 11 is 3.03. The van der Waals surface area contributed by atoms with Gasteiger partial charge in [0.15, 0.2) is 0 Å². The molecular weight excluding hydrogens is 291 g/mol. The maximum absolute atomic E-state index is 13.2. The Morgan fingerprint density at radius 2 is 2.24 bits per heavy atom. The van der Waals surface area contributed by atoms with Gasteiger partial charge in [0.05, 0.1) is 4.47 Å². The summed E-state index contributed by atoms with van der Waals surface area (Å²) in [6.45, 7) is 0. The van der Waals surface area contributed by atoms with Gasteiger partial charge in [0.25, 0.3) is 5.88 Å². The fourth-order valence-electron chi connectivity index (χ4n) is 1.20. The van der Waals surface area contributed by atoms with Crippen LogP contribution < -0.4 is 10.3 Å². The second kappa shape index (κ2) is 4.67. The molecule has 0 bridgehead atoms. The summed E-state index contributed by atoms with van der Waals surface area (Å²) in [7, 11) is 1.58. The molecule has 2 rings (SSSR count). The quantitative estimate of drug-likeness (QED) is 0.855. The van der Waals surface area contributed by atoms with Crippen molar-refractivity contribution in [3.05, 3.63) is 51.2 Å². The molecule has 88 valence electrons. The van der Waals surface area contributed by atoms with Crippen molar-refractivity contribution >= 4 is 15.9 Å². The summed E-state index contributed by atoms with van der Waals surface area (Å²) in [5.41, 5.74) is -0.379. The minimum Gasteiger partial charge on any atom is -0.435 e. The van der Waals surface area contributed by atoms with Crippen LogP contribution in [0.2, 0.25) is 0 Å². The predicted molar refractivity (Wildman–Crippen MR) is 63.7 cm³/mol. The lowest BCUT2D eigenvalue weighted by atomic mass is 10.3. The van der Waals surface area contributed by atoms with Gasteiger partial charge in [-0.2, -0.15) is 0 Å². The van der Waals surface area contributed by atoms with Gasteiger partial charge >= 0.3 is 5.56 Å². The van der Waals surface area contributed by atoms with E-state index in [1.54, 1.807) is 13.1 Å². The summed E-state index contributed by atoms with van der Waals surface area (Å²) in [6, 6.07) is 4.22. The lowest BCUT2D eigenvalue weighted by Crippen LogP contribution is -2.18. The van der Waals surface area contributed by atoms with Gasteiger partial charge in [-0.15, -0.1) is 0 Å². The maximum Gasteiger partial charge on any atom is 0.313 e. The molecule has 0 unspecified atom stereocenters. The lowest BCUT2D eigenvalue weighted by molar-refractivity contribution is 0.444. The molecular formula is C11H8BrFN2O2. The molecule has 17 heavy (non-hydrogen) atoms.